The molecule has 1 fully saturated rings. The number of carbonyl (C=O) groups is 1. The smallest absolute Gasteiger partial charge is 0.221 e. The average Bonchev–Trinajstić information content (AvgIpc) is 2.81. The van der Waals surface area contributed by atoms with Crippen molar-refractivity contribution in [2.75, 3.05) is 25.0 Å². The van der Waals surface area contributed by atoms with Crippen molar-refractivity contribution >= 4 is 11.6 Å². The molecule has 1 saturated heterocycles. The first-order valence-electron chi connectivity index (χ1n) is 9.37. The highest BCUT2D eigenvalue weighted by molar-refractivity contribution is 5.88. The van der Waals surface area contributed by atoms with Crippen molar-refractivity contribution < 1.29 is 4.79 Å². The lowest BCUT2D eigenvalue weighted by atomic mass is 10.0. The molecule has 1 aromatic rings. The zero-order valence-electron chi connectivity index (χ0n) is 15.5. The van der Waals surface area contributed by atoms with E-state index < -0.39 is 0 Å². The van der Waals surface area contributed by atoms with E-state index in [2.05, 4.69) is 41.5 Å². The molecule has 1 heterocycles. The number of likely N-dealkylation sites (tertiary alicyclic amines) is 1. The lowest BCUT2D eigenvalue weighted by Gasteiger charge is -2.34. The van der Waals surface area contributed by atoms with Gasteiger partial charge in [-0.2, -0.15) is 0 Å². The van der Waals surface area contributed by atoms with E-state index in [4.69, 9.17) is 0 Å². The second-order valence-corrected chi connectivity index (χ2v) is 7.27. The molecule has 0 aliphatic carbocycles. The van der Waals surface area contributed by atoms with Crippen LogP contribution in [0, 0.1) is 5.92 Å². The first-order valence-corrected chi connectivity index (χ1v) is 9.37. The van der Waals surface area contributed by atoms with E-state index in [0.717, 1.165) is 18.8 Å². The Hall–Kier alpha value is -1.39. The maximum atomic E-state index is 11.1. The Morgan fingerprint density at radius 3 is 2.25 bits per heavy atom. The van der Waals surface area contributed by atoms with Crippen LogP contribution in [0.1, 0.15) is 52.0 Å². The third kappa shape index (κ3) is 6.25. The third-order valence-corrected chi connectivity index (χ3v) is 4.84. The molecule has 4 nitrogen and oxygen atoms in total. The van der Waals surface area contributed by atoms with Crippen LogP contribution in [-0.4, -0.2) is 36.5 Å². The van der Waals surface area contributed by atoms with E-state index in [0.29, 0.717) is 12.0 Å². The molecule has 1 aromatic carbocycles. The predicted octanol–water partition coefficient (Wildman–Crippen LogP) is 3.64. The topological polar surface area (TPSA) is 44.4 Å². The number of nitrogens with one attached hydrogen (secondary N) is 2. The Labute approximate surface area is 147 Å². The molecule has 1 aliphatic heterocycles. The molecular weight excluding hydrogens is 298 g/mol. The molecule has 4 heteroatoms. The van der Waals surface area contributed by atoms with E-state index in [-0.39, 0.29) is 5.91 Å². The zero-order chi connectivity index (χ0) is 17.4. The molecule has 1 unspecified atom stereocenters. The highest BCUT2D eigenvalue weighted by Crippen LogP contribution is 2.17. The molecule has 2 rings (SSSR count). The van der Waals surface area contributed by atoms with Gasteiger partial charge in [0.25, 0.3) is 0 Å². The number of hydrogen-bond donors (Lipinski definition) is 2. The Morgan fingerprint density at radius 2 is 1.71 bits per heavy atom. The van der Waals surface area contributed by atoms with E-state index in [1.165, 1.54) is 51.3 Å². The van der Waals surface area contributed by atoms with Gasteiger partial charge in [-0.05, 0) is 49.5 Å². The molecule has 0 radical (unpaired) electrons. The summed E-state index contributed by atoms with van der Waals surface area (Å²) in [6.07, 6.45) is 5.45. The summed E-state index contributed by atoms with van der Waals surface area (Å²) in [6, 6.07) is 8.70. The van der Waals surface area contributed by atoms with Crippen molar-refractivity contribution in [3.63, 3.8) is 0 Å². The minimum atomic E-state index is -0.0295. The second-order valence-electron chi connectivity index (χ2n) is 7.27. The van der Waals surface area contributed by atoms with Crippen LogP contribution in [0.15, 0.2) is 24.3 Å². The van der Waals surface area contributed by atoms with Crippen LogP contribution in [0.3, 0.4) is 0 Å². The summed E-state index contributed by atoms with van der Waals surface area (Å²) in [6.45, 7) is 10.6. The largest absolute Gasteiger partial charge is 0.326 e. The fourth-order valence-electron chi connectivity index (χ4n) is 3.49. The molecule has 0 saturated carbocycles. The van der Waals surface area contributed by atoms with Crippen LogP contribution < -0.4 is 10.6 Å². The maximum Gasteiger partial charge on any atom is 0.221 e. The quantitative estimate of drug-likeness (QED) is 0.802. The Bertz CT molecular complexity index is 490. The van der Waals surface area contributed by atoms with Gasteiger partial charge in [-0.15, -0.1) is 0 Å². The van der Waals surface area contributed by atoms with Gasteiger partial charge in [0.15, 0.2) is 0 Å². The molecule has 1 amide bonds. The van der Waals surface area contributed by atoms with Gasteiger partial charge in [-0.25, -0.2) is 0 Å². The van der Waals surface area contributed by atoms with Crippen LogP contribution in [-0.2, 0) is 11.3 Å². The van der Waals surface area contributed by atoms with Gasteiger partial charge in [0.1, 0.15) is 0 Å². The van der Waals surface area contributed by atoms with Gasteiger partial charge in [-0.3, -0.25) is 9.69 Å². The summed E-state index contributed by atoms with van der Waals surface area (Å²) in [5.41, 5.74) is 2.11. The molecule has 0 bridgehead atoms. The van der Waals surface area contributed by atoms with Gasteiger partial charge in [0, 0.05) is 31.7 Å². The zero-order valence-corrected chi connectivity index (χ0v) is 15.5. The van der Waals surface area contributed by atoms with Gasteiger partial charge >= 0.3 is 0 Å². The third-order valence-electron chi connectivity index (χ3n) is 4.84. The summed E-state index contributed by atoms with van der Waals surface area (Å²) in [7, 11) is 0. The fourth-order valence-corrected chi connectivity index (χ4v) is 3.49. The maximum absolute atomic E-state index is 11.1. The molecule has 0 spiro atoms. The van der Waals surface area contributed by atoms with Crippen molar-refractivity contribution in [2.24, 2.45) is 5.92 Å². The van der Waals surface area contributed by atoms with E-state index in [1.807, 2.05) is 12.1 Å². The molecule has 1 atom stereocenters. The van der Waals surface area contributed by atoms with Crippen LogP contribution >= 0.6 is 0 Å². The number of nitrogens with zero attached hydrogens (tertiary/aromatic N) is 1. The molecule has 24 heavy (non-hydrogen) atoms. The monoisotopic (exact) mass is 331 g/mol. The van der Waals surface area contributed by atoms with E-state index in [9.17, 15) is 4.79 Å². The summed E-state index contributed by atoms with van der Waals surface area (Å²) in [5, 5.41) is 6.44. The summed E-state index contributed by atoms with van der Waals surface area (Å²) in [4.78, 5) is 13.7. The van der Waals surface area contributed by atoms with Gasteiger partial charge < -0.3 is 10.6 Å². The second kappa shape index (κ2) is 9.80. The minimum absolute atomic E-state index is 0.0295. The number of hydrogen-bond acceptors (Lipinski definition) is 3. The molecule has 134 valence electrons. The molecule has 0 aromatic heterocycles. The summed E-state index contributed by atoms with van der Waals surface area (Å²) in [5.74, 6) is 0.635. The van der Waals surface area contributed by atoms with E-state index >= 15 is 0 Å². The van der Waals surface area contributed by atoms with Crippen LogP contribution in [0.4, 0.5) is 5.69 Å². The van der Waals surface area contributed by atoms with Gasteiger partial charge in [0.2, 0.25) is 5.91 Å². The number of benzene rings is 1. The van der Waals surface area contributed by atoms with Crippen molar-refractivity contribution in [1.82, 2.24) is 10.2 Å². The number of rotatable bonds is 7. The lowest BCUT2D eigenvalue weighted by molar-refractivity contribution is -0.114. The highest BCUT2D eigenvalue weighted by atomic mass is 16.1. The Kier molecular flexibility index (Phi) is 7.73. The standard InChI is InChI=1S/C20H33N3O/c1-16(2)20(23-12-6-4-5-7-13-23)15-21-14-18-8-10-19(11-9-18)22-17(3)24/h8-11,16,20-21H,4-7,12-15H2,1-3H3,(H,22,24). The lowest BCUT2D eigenvalue weighted by Crippen LogP contribution is -2.46. The van der Waals surface area contributed by atoms with Crippen LogP contribution in [0.2, 0.25) is 0 Å². The van der Waals surface area contributed by atoms with Crippen molar-refractivity contribution in [3.05, 3.63) is 29.8 Å². The number of anilines is 1. The SMILES string of the molecule is CC(=O)Nc1ccc(CNCC(C(C)C)N2CCCCCC2)cc1. The molecule has 1 aliphatic rings. The highest BCUT2D eigenvalue weighted by Gasteiger charge is 2.22. The van der Waals surface area contributed by atoms with Gasteiger partial charge in [-0.1, -0.05) is 38.8 Å². The Balaban J connectivity index is 1.82. The van der Waals surface area contributed by atoms with Crippen LogP contribution in [0.5, 0.6) is 0 Å². The molecule has 2 N–H and O–H groups in total. The normalized spacial score (nSPS) is 17.5. The predicted molar refractivity (Wildman–Crippen MR) is 101 cm³/mol. The van der Waals surface area contributed by atoms with Gasteiger partial charge in [0.05, 0.1) is 0 Å². The van der Waals surface area contributed by atoms with Crippen molar-refractivity contribution in [2.45, 2.75) is 59.0 Å². The fraction of sp³-hybridized carbons (Fsp3) is 0.650. The van der Waals surface area contributed by atoms with Crippen molar-refractivity contribution in [3.8, 4) is 0 Å². The number of amides is 1. The summed E-state index contributed by atoms with van der Waals surface area (Å²) < 4.78 is 0. The average molecular weight is 332 g/mol. The Morgan fingerprint density at radius 1 is 1.08 bits per heavy atom. The van der Waals surface area contributed by atoms with Crippen LogP contribution in [0.25, 0.3) is 0 Å². The minimum Gasteiger partial charge on any atom is -0.326 e. The van der Waals surface area contributed by atoms with Crippen molar-refractivity contribution in [1.29, 1.82) is 0 Å². The number of carbonyl (C=O) groups excluding carboxylic acids is 1. The first-order chi connectivity index (χ1) is 11.6. The summed E-state index contributed by atoms with van der Waals surface area (Å²) >= 11 is 0. The van der Waals surface area contributed by atoms with E-state index in [1.54, 1.807) is 0 Å². The molecular formula is C20H33N3O. The first kappa shape index (κ1) is 18.9.